The molecule has 18 heavy (non-hydrogen) atoms. The van der Waals surface area contributed by atoms with Crippen molar-refractivity contribution in [2.75, 3.05) is 13.1 Å². The summed E-state index contributed by atoms with van der Waals surface area (Å²) in [5.74, 6) is 0.0124. The van der Waals surface area contributed by atoms with Crippen molar-refractivity contribution in [3.05, 3.63) is 22.4 Å². The molecule has 1 aromatic rings. The molecule has 1 amide bonds. The molecule has 0 atom stereocenters. The lowest BCUT2D eigenvalue weighted by molar-refractivity contribution is 0.0769. The molecule has 0 fully saturated rings. The number of aliphatic imine (C=N–C) groups is 1. The number of rotatable bonds is 6. The lowest BCUT2D eigenvalue weighted by Crippen LogP contribution is -2.30. The largest absolute Gasteiger partial charge is 0.338 e. The molecule has 1 rings (SSSR count). The molecule has 0 aromatic carbocycles. The van der Waals surface area contributed by atoms with Gasteiger partial charge in [-0.05, 0) is 26.1 Å². The summed E-state index contributed by atoms with van der Waals surface area (Å²) in [6.45, 7) is 12.6. The summed E-state index contributed by atoms with van der Waals surface area (Å²) in [7, 11) is 0. The SMILES string of the molecule is C=Nc1cc(C(=O)N(CC)CCC)sc1C(=C)Cl. The van der Waals surface area contributed by atoms with Gasteiger partial charge in [0, 0.05) is 13.1 Å². The Morgan fingerprint density at radius 1 is 1.56 bits per heavy atom. The summed E-state index contributed by atoms with van der Waals surface area (Å²) in [4.78, 5) is 19.3. The summed E-state index contributed by atoms with van der Waals surface area (Å²) in [5.41, 5.74) is 0.621. The van der Waals surface area contributed by atoms with E-state index in [4.69, 9.17) is 11.6 Å². The summed E-state index contributed by atoms with van der Waals surface area (Å²) >= 11 is 7.20. The highest BCUT2D eigenvalue weighted by Gasteiger charge is 2.19. The molecule has 3 nitrogen and oxygen atoms in total. The molecule has 0 aliphatic carbocycles. The van der Waals surface area contributed by atoms with E-state index in [-0.39, 0.29) is 5.91 Å². The van der Waals surface area contributed by atoms with Crippen molar-refractivity contribution < 1.29 is 4.79 Å². The summed E-state index contributed by atoms with van der Waals surface area (Å²) in [6.07, 6.45) is 0.937. The van der Waals surface area contributed by atoms with E-state index in [1.165, 1.54) is 11.3 Å². The molecule has 0 saturated heterocycles. The summed E-state index contributed by atoms with van der Waals surface area (Å²) in [5, 5.41) is 0.389. The van der Waals surface area contributed by atoms with Gasteiger partial charge in [-0.1, -0.05) is 25.1 Å². The predicted octanol–water partition coefficient (Wildman–Crippen LogP) is 4.16. The van der Waals surface area contributed by atoms with E-state index in [2.05, 4.69) is 18.3 Å². The first-order chi connectivity index (χ1) is 8.54. The molecule has 1 heterocycles. The number of carbonyl (C=O) groups is 1. The Morgan fingerprint density at radius 3 is 2.61 bits per heavy atom. The van der Waals surface area contributed by atoms with E-state index in [1.54, 1.807) is 11.0 Å². The van der Waals surface area contributed by atoms with E-state index in [1.807, 2.05) is 13.8 Å². The predicted molar refractivity (Wildman–Crippen MR) is 80.3 cm³/mol. The standard InChI is InChI=1S/C13H17ClN2OS/c1-5-7-16(6-2)13(17)11-8-10(15-4)12(18-11)9(3)14/h8H,3-7H2,1-2H3. The highest BCUT2D eigenvalue weighted by atomic mass is 35.5. The molecule has 5 heteroatoms. The van der Waals surface area contributed by atoms with Crippen LogP contribution in [0.5, 0.6) is 0 Å². The molecule has 0 radical (unpaired) electrons. The fraction of sp³-hybridized carbons (Fsp3) is 0.385. The minimum Gasteiger partial charge on any atom is -0.338 e. The second kappa shape index (κ2) is 6.71. The van der Waals surface area contributed by atoms with E-state index < -0.39 is 0 Å². The highest BCUT2D eigenvalue weighted by Crippen LogP contribution is 2.36. The molecular formula is C13H17ClN2OS. The topological polar surface area (TPSA) is 32.7 Å². The van der Waals surface area contributed by atoms with Gasteiger partial charge in [-0.15, -0.1) is 11.3 Å². The zero-order valence-corrected chi connectivity index (χ0v) is 12.3. The third kappa shape index (κ3) is 3.21. The first kappa shape index (κ1) is 14.9. The van der Waals surface area contributed by atoms with Crippen LogP contribution in [0.15, 0.2) is 17.6 Å². The third-order valence-corrected chi connectivity index (χ3v) is 3.98. The first-order valence-electron chi connectivity index (χ1n) is 5.79. The van der Waals surface area contributed by atoms with Crippen molar-refractivity contribution in [3.8, 4) is 0 Å². The average molecular weight is 285 g/mol. The molecule has 0 unspecified atom stereocenters. The molecular weight excluding hydrogens is 268 g/mol. The van der Waals surface area contributed by atoms with E-state index in [9.17, 15) is 4.79 Å². The highest BCUT2D eigenvalue weighted by molar-refractivity contribution is 7.16. The number of amides is 1. The molecule has 1 aromatic heterocycles. The molecule has 98 valence electrons. The quantitative estimate of drug-likeness (QED) is 0.722. The lowest BCUT2D eigenvalue weighted by Gasteiger charge is -2.18. The zero-order valence-electron chi connectivity index (χ0n) is 10.7. The zero-order chi connectivity index (χ0) is 13.7. The smallest absolute Gasteiger partial charge is 0.264 e. The fourth-order valence-corrected chi connectivity index (χ4v) is 2.79. The molecule has 0 aliphatic heterocycles. The Balaban J connectivity index is 3.06. The van der Waals surface area contributed by atoms with Crippen LogP contribution < -0.4 is 0 Å². The summed E-state index contributed by atoms with van der Waals surface area (Å²) < 4.78 is 0. The van der Waals surface area contributed by atoms with Crippen LogP contribution in [0.1, 0.15) is 34.8 Å². The van der Waals surface area contributed by atoms with Crippen molar-refractivity contribution in [1.82, 2.24) is 4.90 Å². The van der Waals surface area contributed by atoms with Crippen molar-refractivity contribution in [2.45, 2.75) is 20.3 Å². The summed E-state index contributed by atoms with van der Waals surface area (Å²) in [6, 6.07) is 1.72. The van der Waals surface area contributed by atoms with Crippen molar-refractivity contribution in [3.63, 3.8) is 0 Å². The van der Waals surface area contributed by atoms with Gasteiger partial charge in [0.15, 0.2) is 0 Å². The van der Waals surface area contributed by atoms with Crippen LogP contribution in [0.2, 0.25) is 0 Å². The minimum absolute atomic E-state index is 0.0124. The van der Waals surface area contributed by atoms with E-state index in [0.29, 0.717) is 27.0 Å². The van der Waals surface area contributed by atoms with Crippen LogP contribution in [-0.2, 0) is 0 Å². The second-order valence-corrected chi connectivity index (χ2v) is 5.28. The van der Waals surface area contributed by atoms with Gasteiger partial charge in [0.2, 0.25) is 0 Å². The Labute approximate surface area is 117 Å². The van der Waals surface area contributed by atoms with Gasteiger partial charge in [0.1, 0.15) is 0 Å². The number of thiophene rings is 1. The maximum Gasteiger partial charge on any atom is 0.264 e. The first-order valence-corrected chi connectivity index (χ1v) is 6.99. The number of carbonyl (C=O) groups excluding carboxylic acids is 1. The normalized spacial score (nSPS) is 10.2. The number of nitrogens with zero attached hydrogens (tertiary/aromatic N) is 2. The molecule has 0 aliphatic rings. The molecule has 0 bridgehead atoms. The second-order valence-electron chi connectivity index (χ2n) is 3.77. The van der Waals surface area contributed by atoms with Gasteiger partial charge >= 0.3 is 0 Å². The third-order valence-electron chi connectivity index (χ3n) is 2.50. The van der Waals surface area contributed by atoms with Gasteiger partial charge in [-0.3, -0.25) is 9.79 Å². The number of hydrogen-bond acceptors (Lipinski definition) is 3. The van der Waals surface area contributed by atoms with Gasteiger partial charge in [-0.25, -0.2) is 0 Å². The Bertz CT molecular complexity index is 468. The van der Waals surface area contributed by atoms with Crippen LogP contribution in [-0.4, -0.2) is 30.6 Å². The van der Waals surface area contributed by atoms with E-state index in [0.717, 1.165) is 13.0 Å². The molecule has 0 spiro atoms. The van der Waals surface area contributed by atoms with Crippen LogP contribution >= 0.6 is 22.9 Å². The lowest BCUT2D eigenvalue weighted by atomic mass is 10.3. The number of hydrogen-bond donors (Lipinski definition) is 0. The number of halogens is 1. The maximum absolute atomic E-state index is 12.3. The van der Waals surface area contributed by atoms with Crippen LogP contribution in [0.4, 0.5) is 5.69 Å². The van der Waals surface area contributed by atoms with Crippen LogP contribution in [0.25, 0.3) is 5.03 Å². The van der Waals surface area contributed by atoms with E-state index >= 15 is 0 Å². The van der Waals surface area contributed by atoms with Crippen molar-refractivity contribution in [2.24, 2.45) is 4.99 Å². The Morgan fingerprint density at radius 2 is 2.22 bits per heavy atom. The maximum atomic E-state index is 12.3. The Hall–Kier alpha value is -1.13. The monoisotopic (exact) mass is 284 g/mol. The van der Waals surface area contributed by atoms with Gasteiger partial charge in [0.25, 0.3) is 5.91 Å². The molecule has 0 saturated carbocycles. The average Bonchev–Trinajstić information content (AvgIpc) is 2.79. The minimum atomic E-state index is 0.0124. The van der Waals surface area contributed by atoms with Crippen molar-refractivity contribution >= 4 is 46.3 Å². The molecule has 0 N–H and O–H groups in total. The van der Waals surface area contributed by atoms with Crippen molar-refractivity contribution in [1.29, 1.82) is 0 Å². The van der Waals surface area contributed by atoms with Crippen LogP contribution in [0.3, 0.4) is 0 Å². The Kier molecular flexibility index (Phi) is 5.56. The van der Waals surface area contributed by atoms with Gasteiger partial charge < -0.3 is 4.90 Å². The van der Waals surface area contributed by atoms with Gasteiger partial charge in [-0.2, -0.15) is 0 Å². The van der Waals surface area contributed by atoms with Crippen LogP contribution in [0, 0.1) is 0 Å². The van der Waals surface area contributed by atoms with Gasteiger partial charge in [0.05, 0.1) is 20.5 Å². The fourth-order valence-electron chi connectivity index (χ4n) is 1.63.